The molecule has 0 saturated carbocycles. The summed E-state index contributed by atoms with van der Waals surface area (Å²) in [7, 11) is 0. The van der Waals surface area contributed by atoms with E-state index in [0.29, 0.717) is 18.8 Å². The summed E-state index contributed by atoms with van der Waals surface area (Å²) in [5.74, 6) is -0.777. The van der Waals surface area contributed by atoms with Crippen LogP contribution in [-0.4, -0.2) is 41.7 Å². The number of aliphatic carboxylic acids is 1. The number of amides is 2. The van der Waals surface area contributed by atoms with Gasteiger partial charge in [0.2, 0.25) is 0 Å². The number of carbonyl (C=O) groups is 2. The van der Waals surface area contributed by atoms with Crippen molar-refractivity contribution in [1.29, 1.82) is 0 Å². The third-order valence-corrected chi connectivity index (χ3v) is 3.00. The Labute approximate surface area is 124 Å². The van der Waals surface area contributed by atoms with Gasteiger partial charge in [-0.25, -0.2) is 4.79 Å². The number of hydrogen-bond donors (Lipinski definition) is 2. The molecule has 0 radical (unpaired) electrons. The fourth-order valence-electron chi connectivity index (χ4n) is 1.77. The number of urea groups is 1. The van der Waals surface area contributed by atoms with Gasteiger partial charge in [-0.15, -0.1) is 0 Å². The molecule has 1 aromatic carbocycles. The van der Waals surface area contributed by atoms with E-state index in [2.05, 4.69) is 5.32 Å². The van der Waals surface area contributed by atoms with E-state index in [-0.39, 0.29) is 12.6 Å². The van der Waals surface area contributed by atoms with Crippen LogP contribution in [0.3, 0.4) is 0 Å². The van der Waals surface area contributed by atoms with Crippen molar-refractivity contribution in [2.45, 2.75) is 20.8 Å². The van der Waals surface area contributed by atoms with E-state index in [4.69, 9.17) is 9.84 Å². The molecule has 0 aliphatic rings. The molecule has 21 heavy (non-hydrogen) atoms. The van der Waals surface area contributed by atoms with Crippen LogP contribution in [0.25, 0.3) is 0 Å². The van der Waals surface area contributed by atoms with Gasteiger partial charge in [0.1, 0.15) is 5.75 Å². The lowest BCUT2D eigenvalue weighted by Crippen LogP contribution is -2.39. The van der Waals surface area contributed by atoms with Crippen LogP contribution in [-0.2, 0) is 4.79 Å². The third kappa shape index (κ3) is 5.33. The van der Waals surface area contributed by atoms with Crippen LogP contribution in [0.1, 0.15) is 20.8 Å². The zero-order valence-electron chi connectivity index (χ0n) is 12.6. The standard InChI is InChI=1S/C15H22N2O4/c1-4-17(10-11(3)14(18)19)15(20)16-12-6-8-13(9-7-12)21-5-2/h6-9,11H,4-5,10H2,1-3H3,(H,16,20)(H,18,19). The highest BCUT2D eigenvalue weighted by Crippen LogP contribution is 2.16. The van der Waals surface area contributed by atoms with Gasteiger partial charge < -0.3 is 20.1 Å². The highest BCUT2D eigenvalue weighted by atomic mass is 16.5. The summed E-state index contributed by atoms with van der Waals surface area (Å²) in [5.41, 5.74) is 0.643. The molecule has 2 N–H and O–H groups in total. The zero-order valence-corrected chi connectivity index (χ0v) is 12.6. The quantitative estimate of drug-likeness (QED) is 0.810. The van der Waals surface area contributed by atoms with Crippen molar-refractivity contribution in [3.8, 4) is 5.75 Å². The predicted octanol–water partition coefficient (Wildman–Crippen LogP) is 2.66. The van der Waals surface area contributed by atoms with E-state index in [0.717, 1.165) is 5.75 Å². The van der Waals surface area contributed by atoms with Crippen molar-refractivity contribution in [3.05, 3.63) is 24.3 Å². The normalized spacial score (nSPS) is 11.6. The topological polar surface area (TPSA) is 78.9 Å². The number of ether oxygens (including phenoxy) is 1. The molecule has 0 aliphatic carbocycles. The van der Waals surface area contributed by atoms with Gasteiger partial charge in [0.25, 0.3) is 0 Å². The average Bonchev–Trinajstić information content (AvgIpc) is 2.46. The Bertz CT molecular complexity index is 473. The van der Waals surface area contributed by atoms with E-state index < -0.39 is 11.9 Å². The lowest BCUT2D eigenvalue weighted by atomic mass is 10.2. The molecule has 6 heteroatoms. The molecule has 1 rings (SSSR count). The second-order valence-corrected chi connectivity index (χ2v) is 4.67. The molecule has 1 atom stereocenters. The van der Waals surface area contributed by atoms with E-state index in [1.165, 1.54) is 4.90 Å². The smallest absolute Gasteiger partial charge is 0.321 e. The summed E-state index contributed by atoms with van der Waals surface area (Å²) < 4.78 is 5.33. The Morgan fingerprint density at radius 2 is 1.90 bits per heavy atom. The lowest BCUT2D eigenvalue weighted by Gasteiger charge is -2.23. The molecule has 0 spiro atoms. The second kappa shape index (κ2) is 8.14. The van der Waals surface area contributed by atoms with Crippen LogP contribution in [0.15, 0.2) is 24.3 Å². The van der Waals surface area contributed by atoms with Gasteiger partial charge in [0.15, 0.2) is 0 Å². The number of rotatable bonds is 7. The molecular formula is C15H22N2O4. The minimum Gasteiger partial charge on any atom is -0.494 e. The van der Waals surface area contributed by atoms with E-state index in [1.54, 1.807) is 31.2 Å². The largest absolute Gasteiger partial charge is 0.494 e. The minimum atomic E-state index is -0.915. The summed E-state index contributed by atoms with van der Waals surface area (Å²) in [4.78, 5) is 24.4. The second-order valence-electron chi connectivity index (χ2n) is 4.67. The van der Waals surface area contributed by atoms with Crippen molar-refractivity contribution in [3.63, 3.8) is 0 Å². The Kier molecular flexibility index (Phi) is 6.52. The maximum Gasteiger partial charge on any atom is 0.321 e. The van der Waals surface area contributed by atoms with Crippen LogP contribution in [0.4, 0.5) is 10.5 Å². The molecule has 0 aliphatic heterocycles. The van der Waals surface area contributed by atoms with Crippen molar-refractivity contribution in [2.24, 2.45) is 5.92 Å². The first-order chi connectivity index (χ1) is 9.97. The van der Waals surface area contributed by atoms with Crippen LogP contribution >= 0.6 is 0 Å². The number of benzene rings is 1. The van der Waals surface area contributed by atoms with Gasteiger partial charge in [0, 0.05) is 18.8 Å². The maximum atomic E-state index is 12.1. The number of hydrogen-bond acceptors (Lipinski definition) is 3. The van der Waals surface area contributed by atoms with Gasteiger partial charge >= 0.3 is 12.0 Å². The fourth-order valence-corrected chi connectivity index (χ4v) is 1.77. The third-order valence-electron chi connectivity index (χ3n) is 3.00. The molecule has 0 heterocycles. The first kappa shape index (κ1) is 16.8. The number of nitrogens with one attached hydrogen (secondary N) is 1. The van der Waals surface area contributed by atoms with E-state index >= 15 is 0 Å². The van der Waals surface area contributed by atoms with E-state index in [9.17, 15) is 9.59 Å². The highest BCUT2D eigenvalue weighted by molar-refractivity contribution is 5.89. The molecule has 6 nitrogen and oxygen atoms in total. The lowest BCUT2D eigenvalue weighted by molar-refractivity contribution is -0.141. The zero-order chi connectivity index (χ0) is 15.8. The van der Waals surface area contributed by atoms with Crippen LogP contribution in [0.5, 0.6) is 5.75 Å². The molecule has 1 unspecified atom stereocenters. The number of carboxylic acids is 1. The molecule has 0 aromatic heterocycles. The van der Waals surface area contributed by atoms with Crippen LogP contribution < -0.4 is 10.1 Å². The van der Waals surface area contributed by atoms with Gasteiger partial charge in [-0.3, -0.25) is 4.79 Å². The first-order valence-corrected chi connectivity index (χ1v) is 6.99. The van der Waals surface area contributed by atoms with Crippen molar-refractivity contribution < 1.29 is 19.4 Å². The summed E-state index contributed by atoms with van der Waals surface area (Å²) in [6, 6.07) is 6.73. The monoisotopic (exact) mass is 294 g/mol. The Morgan fingerprint density at radius 1 is 1.29 bits per heavy atom. The van der Waals surface area contributed by atoms with Crippen molar-refractivity contribution in [1.82, 2.24) is 4.90 Å². The van der Waals surface area contributed by atoms with Crippen LogP contribution in [0.2, 0.25) is 0 Å². The molecule has 116 valence electrons. The van der Waals surface area contributed by atoms with E-state index in [1.807, 2.05) is 13.8 Å². The minimum absolute atomic E-state index is 0.175. The Balaban J connectivity index is 2.62. The Morgan fingerprint density at radius 3 is 2.38 bits per heavy atom. The highest BCUT2D eigenvalue weighted by Gasteiger charge is 2.19. The Hall–Kier alpha value is -2.24. The number of carbonyl (C=O) groups excluding carboxylic acids is 1. The number of anilines is 1. The summed E-state index contributed by atoms with van der Waals surface area (Å²) >= 11 is 0. The fraction of sp³-hybridized carbons (Fsp3) is 0.467. The van der Waals surface area contributed by atoms with Crippen LogP contribution in [0, 0.1) is 5.92 Å². The summed E-state index contributed by atoms with van der Waals surface area (Å²) in [6.07, 6.45) is 0. The van der Waals surface area contributed by atoms with Gasteiger partial charge in [-0.2, -0.15) is 0 Å². The number of carboxylic acid groups (broad SMARTS) is 1. The SMILES string of the molecule is CCOc1ccc(NC(=O)N(CC)CC(C)C(=O)O)cc1. The van der Waals surface area contributed by atoms with Crippen molar-refractivity contribution >= 4 is 17.7 Å². The molecular weight excluding hydrogens is 272 g/mol. The molecule has 0 saturated heterocycles. The maximum absolute atomic E-state index is 12.1. The van der Waals surface area contributed by atoms with Gasteiger partial charge in [-0.05, 0) is 38.1 Å². The molecule has 0 bridgehead atoms. The first-order valence-electron chi connectivity index (χ1n) is 6.99. The number of nitrogens with zero attached hydrogens (tertiary/aromatic N) is 1. The molecule has 0 fully saturated rings. The van der Waals surface area contributed by atoms with Gasteiger partial charge in [-0.1, -0.05) is 6.92 Å². The summed E-state index contributed by atoms with van der Waals surface area (Å²) in [5, 5.41) is 11.7. The molecule has 1 aromatic rings. The van der Waals surface area contributed by atoms with Gasteiger partial charge in [0.05, 0.1) is 12.5 Å². The average molecular weight is 294 g/mol. The molecule has 2 amide bonds. The summed E-state index contributed by atoms with van der Waals surface area (Å²) in [6.45, 7) is 6.50. The van der Waals surface area contributed by atoms with Crippen molar-refractivity contribution in [2.75, 3.05) is 25.0 Å². The predicted molar refractivity (Wildman–Crippen MR) is 80.7 cm³/mol.